The third kappa shape index (κ3) is 2.03. The zero-order chi connectivity index (χ0) is 14.2. The summed E-state index contributed by atoms with van der Waals surface area (Å²) in [5.74, 6) is 2.21. The maximum atomic E-state index is 10.3. The van der Waals surface area contributed by atoms with Gasteiger partial charge in [-0.3, -0.25) is 0 Å². The van der Waals surface area contributed by atoms with Gasteiger partial charge in [0.25, 0.3) is 0 Å². The average Bonchev–Trinajstić information content (AvgIpc) is 2.53. The summed E-state index contributed by atoms with van der Waals surface area (Å²) in [5.41, 5.74) is 0. The molecule has 3 aromatic carbocycles. The Kier molecular flexibility index (Phi) is 2.98. The number of phenols is 1. The van der Waals surface area contributed by atoms with Crippen LogP contribution in [0.4, 0.5) is 0 Å². The summed E-state index contributed by atoms with van der Waals surface area (Å²) in [6, 6.07) is 24.0. The van der Waals surface area contributed by atoms with Crippen LogP contribution >= 0.6 is 0 Å². The topological polar surface area (TPSA) is 29.5 Å². The molecule has 0 spiro atoms. The Morgan fingerprint density at radius 1 is 0.619 bits per heavy atom. The van der Waals surface area contributed by atoms with E-state index in [0.717, 1.165) is 15.9 Å². The number of phenolic OH excluding ortho intramolecular Hbond substituents is 1. The molecule has 0 unspecified atom stereocenters. The molecule has 1 N–H and O–H groups in total. The molecule has 1 aliphatic rings. The van der Waals surface area contributed by atoms with E-state index >= 15 is 0 Å². The van der Waals surface area contributed by atoms with Gasteiger partial charge in [-0.1, -0.05) is 0 Å². The molecule has 3 aromatic rings. The van der Waals surface area contributed by atoms with Crippen LogP contribution in [0.15, 0.2) is 72.8 Å². The van der Waals surface area contributed by atoms with Gasteiger partial charge in [0.1, 0.15) is 0 Å². The van der Waals surface area contributed by atoms with Gasteiger partial charge in [0, 0.05) is 0 Å². The van der Waals surface area contributed by atoms with Crippen LogP contribution in [-0.2, 0) is 0 Å². The average molecular weight is 336 g/mol. The minimum absolute atomic E-state index is 0.379. The number of rotatable bonds is 1. The molecule has 1 heterocycles. The molecular formula is C18H13AsO2. The van der Waals surface area contributed by atoms with Gasteiger partial charge < -0.3 is 0 Å². The molecule has 1 aliphatic heterocycles. The molecule has 4 rings (SSSR count). The van der Waals surface area contributed by atoms with E-state index < -0.39 is 14.7 Å². The quantitative estimate of drug-likeness (QED) is 0.539. The normalized spacial score (nSPS) is 13.1. The van der Waals surface area contributed by atoms with Crippen LogP contribution < -0.4 is 17.8 Å². The number of ether oxygens (including phenoxy) is 1. The second-order valence-electron chi connectivity index (χ2n) is 4.86. The van der Waals surface area contributed by atoms with E-state index in [1.165, 1.54) is 8.70 Å². The Bertz CT molecular complexity index is 753. The number of para-hydroxylation sites is 3. The second-order valence-corrected chi connectivity index (χ2v) is 9.30. The molecule has 0 radical (unpaired) electrons. The fraction of sp³-hybridized carbons (Fsp3) is 0. The van der Waals surface area contributed by atoms with Gasteiger partial charge in [0.05, 0.1) is 0 Å². The molecule has 0 aliphatic carbocycles. The summed E-state index contributed by atoms with van der Waals surface area (Å²) in [5, 5.41) is 10.3. The molecule has 2 nitrogen and oxygen atoms in total. The summed E-state index contributed by atoms with van der Waals surface area (Å²) in [6.07, 6.45) is 0. The van der Waals surface area contributed by atoms with Crippen LogP contribution in [0.5, 0.6) is 17.2 Å². The van der Waals surface area contributed by atoms with Crippen LogP contribution in [0.3, 0.4) is 0 Å². The third-order valence-corrected chi connectivity index (χ3v) is 8.93. The predicted molar refractivity (Wildman–Crippen MR) is 85.7 cm³/mol. The van der Waals surface area contributed by atoms with Gasteiger partial charge in [0.15, 0.2) is 0 Å². The fourth-order valence-corrected chi connectivity index (χ4v) is 7.80. The molecular weight excluding hydrogens is 323 g/mol. The molecule has 102 valence electrons. The van der Waals surface area contributed by atoms with Crippen molar-refractivity contribution >= 4 is 27.7 Å². The zero-order valence-corrected chi connectivity index (χ0v) is 13.1. The Hall–Kier alpha value is -2.18. The van der Waals surface area contributed by atoms with Gasteiger partial charge in [-0.25, -0.2) is 0 Å². The van der Waals surface area contributed by atoms with Gasteiger partial charge in [-0.05, 0) is 0 Å². The number of benzene rings is 3. The molecule has 0 saturated heterocycles. The van der Waals surface area contributed by atoms with Crippen molar-refractivity contribution in [3.05, 3.63) is 72.8 Å². The molecule has 0 amide bonds. The van der Waals surface area contributed by atoms with Crippen molar-refractivity contribution in [2.75, 3.05) is 0 Å². The number of fused-ring (bicyclic) bond motifs is 2. The van der Waals surface area contributed by atoms with Gasteiger partial charge in [-0.2, -0.15) is 0 Å². The number of aromatic hydroxyl groups is 1. The van der Waals surface area contributed by atoms with Crippen LogP contribution in [-0.4, -0.2) is 19.8 Å². The second kappa shape index (κ2) is 4.98. The Morgan fingerprint density at radius 2 is 1.10 bits per heavy atom. The summed E-state index contributed by atoms with van der Waals surface area (Å²) in [7, 11) is 0. The van der Waals surface area contributed by atoms with Crippen LogP contribution in [0.2, 0.25) is 0 Å². The molecule has 21 heavy (non-hydrogen) atoms. The van der Waals surface area contributed by atoms with Crippen molar-refractivity contribution in [2.45, 2.75) is 0 Å². The van der Waals surface area contributed by atoms with E-state index in [9.17, 15) is 5.11 Å². The summed E-state index contributed by atoms with van der Waals surface area (Å²) in [6.45, 7) is 0. The molecule has 3 heteroatoms. The Labute approximate surface area is 127 Å². The summed E-state index contributed by atoms with van der Waals surface area (Å²) < 4.78 is 9.53. The van der Waals surface area contributed by atoms with Crippen LogP contribution in [0.1, 0.15) is 0 Å². The molecule has 0 saturated carbocycles. The van der Waals surface area contributed by atoms with Crippen molar-refractivity contribution < 1.29 is 9.84 Å². The van der Waals surface area contributed by atoms with Crippen molar-refractivity contribution in [1.82, 2.24) is 0 Å². The number of hydrogen-bond donors (Lipinski definition) is 1. The van der Waals surface area contributed by atoms with Crippen molar-refractivity contribution in [2.24, 2.45) is 0 Å². The fourth-order valence-electron chi connectivity index (χ4n) is 2.62. The van der Waals surface area contributed by atoms with E-state index in [4.69, 9.17) is 4.74 Å². The first-order valence-corrected chi connectivity index (χ1v) is 9.60. The summed E-state index contributed by atoms with van der Waals surface area (Å²) in [4.78, 5) is 0. The predicted octanol–water partition coefficient (Wildman–Crippen LogP) is 2.01. The monoisotopic (exact) mass is 336 g/mol. The van der Waals surface area contributed by atoms with E-state index in [1.807, 2.05) is 54.6 Å². The first-order valence-electron chi connectivity index (χ1n) is 6.78. The van der Waals surface area contributed by atoms with E-state index in [2.05, 4.69) is 12.1 Å². The van der Waals surface area contributed by atoms with Crippen molar-refractivity contribution in [3.8, 4) is 17.2 Å². The Morgan fingerprint density at radius 3 is 1.67 bits per heavy atom. The maximum absolute atomic E-state index is 10.3. The molecule has 0 aromatic heterocycles. The van der Waals surface area contributed by atoms with Gasteiger partial charge in [-0.15, -0.1) is 0 Å². The first-order chi connectivity index (χ1) is 10.3. The first kappa shape index (κ1) is 12.6. The molecule has 0 fully saturated rings. The Balaban J connectivity index is 2.00. The van der Waals surface area contributed by atoms with Gasteiger partial charge in [0.2, 0.25) is 0 Å². The van der Waals surface area contributed by atoms with E-state index in [0.29, 0.717) is 5.75 Å². The van der Waals surface area contributed by atoms with E-state index in [-0.39, 0.29) is 0 Å². The third-order valence-electron chi connectivity index (χ3n) is 3.55. The van der Waals surface area contributed by atoms with Crippen LogP contribution in [0.25, 0.3) is 0 Å². The standard InChI is InChI=1S/C18H13AsO2/c20-16-10-4-1-7-13(16)19-14-8-2-5-11-17(14)21-18-12-6-3-9-15(18)19/h1-12,20H. The van der Waals surface area contributed by atoms with Crippen molar-refractivity contribution in [1.29, 1.82) is 0 Å². The van der Waals surface area contributed by atoms with Crippen LogP contribution in [0, 0.1) is 0 Å². The summed E-state index contributed by atoms with van der Waals surface area (Å²) >= 11 is -1.78. The van der Waals surface area contributed by atoms with Crippen molar-refractivity contribution in [3.63, 3.8) is 0 Å². The number of hydrogen-bond acceptors (Lipinski definition) is 2. The minimum atomic E-state index is -1.78. The van der Waals surface area contributed by atoms with E-state index in [1.54, 1.807) is 6.07 Å². The van der Waals surface area contributed by atoms with Gasteiger partial charge >= 0.3 is 128 Å². The molecule has 0 bridgehead atoms. The SMILES string of the molecule is Oc1ccccc1[As]1c2ccccc2Oc2ccccc21. The molecule has 0 atom stereocenters. The zero-order valence-electron chi connectivity index (χ0n) is 11.2.